The minimum Gasteiger partial charge on any atom is -0.307 e. The van der Waals surface area contributed by atoms with Crippen molar-refractivity contribution in [1.82, 2.24) is 4.90 Å². The van der Waals surface area contributed by atoms with Gasteiger partial charge in [-0.2, -0.15) is 0 Å². The SMILES string of the molecule is CCCCCCCCCCCCCCN(C)CC.Cl. The third-order valence-electron chi connectivity index (χ3n) is 3.93. The van der Waals surface area contributed by atoms with Crippen molar-refractivity contribution in [3.05, 3.63) is 0 Å². The molecule has 1 nitrogen and oxygen atoms in total. The van der Waals surface area contributed by atoms with E-state index < -0.39 is 0 Å². The molecule has 0 N–H and O–H groups in total. The van der Waals surface area contributed by atoms with Crippen LogP contribution in [0, 0.1) is 0 Å². The van der Waals surface area contributed by atoms with E-state index >= 15 is 0 Å². The Hall–Kier alpha value is 0.250. The molecule has 0 aromatic heterocycles. The van der Waals surface area contributed by atoms with E-state index in [1.165, 1.54) is 90.1 Å². The Morgan fingerprint density at radius 3 is 1.32 bits per heavy atom. The first-order valence-electron chi connectivity index (χ1n) is 8.49. The zero-order chi connectivity index (χ0) is 13.5. The van der Waals surface area contributed by atoms with Crippen molar-refractivity contribution in [2.45, 2.75) is 90.9 Å². The highest BCUT2D eigenvalue weighted by Gasteiger charge is 1.95. The topological polar surface area (TPSA) is 3.24 Å². The van der Waals surface area contributed by atoms with Crippen LogP contribution in [0.25, 0.3) is 0 Å². The van der Waals surface area contributed by atoms with Gasteiger partial charge < -0.3 is 4.90 Å². The lowest BCUT2D eigenvalue weighted by Gasteiger charge is -2.12. The van der Waals surface area contributed by atoms with Crippen LogP contribution in [0.4, 0.5) is 0 Å². The number of nitrogens with zero attached hydrogens (tertiary/aromatic N) is 1. The smallest absolute Gasteiger partial charge is 0.00219 e. The van der Waals surface area contributed by atoms with Crippen LogP contribution in [0.3, 0.4) is 0 Å². The maximum atomic E-state index is 2.41. The van der Waals surface area contributed by atoms with Gasteiger partial charge in [-0.15, -0.1) is 12.4 Å². The van der Waals surface area contributed by atoms with Gasteiger partial charge in [-0.25, -0.2) is 0 Å². The summed E-state index contributed by atoms with van der Waals surface area (Å²) < 4.78 is 0. The van der Waals surface area contributed by atoms with Crippen molar-refractivity contribution >= 4 is 12.4 Å². The average Bonchev–Trinajstić information content (AvgIpc) is 2.39. The van der Waals surface area contributed by atoms with Gasteiger partial charge >= 0.3 is 0 Å². The minimum atomic E-state index is 0. The molecule has 0 heterocycles. The predicted octanol–water partition coefficient (Wildman–Crippen LogP) is 6.06. The molecule has 0 aliphatic rings. The van der Waals surface area contributed by atoms with Gasteiger partial charge in [0.05, 0.1) is 0 Å². The second-order valence-electron chi connectivity index (χ2n) is 5.78. The van der Waals surface area contributed by atoms with Crippen LogP contribution in [0.2, 0.25) is 0 Å². The zero-order valence-electron chi connectivity index (χ0n) is 13.8. The van der Waals surface area contributed by atoms with E-state index in [1.54, 1.807) is 0 Å². The summed E-state index contributed by atoms with van der Waals surface area (Å²) in [5.74, 6) is 0. The summed E-state index contributed by atoms with van der Waals surface area (Å²) in [4.78, 5) is 2.41. The highest BCUT2D eigenvalue weighted by molar-refractivity contribution is 5.85. The van der Waals surface area contributed by atoms with Crippen molar-refractivity contribution in [3.8, 4) is 0 Å². The van der Waals surface area contributed by atoms with Gasteiger partial charge in [0.2, 0.25) is 0 Å². The maximum absolute atomic E-state index is 2.41. The van der Waals surface area contributed by atoms with Crippen LogP contribution in [-0.4, -0.2) is 25.0 Å². The summed E-state index contributed by atoms with van der Waals surface area (Å²) >= 11 is 0. The quantitative estimate of drug-likeness (QED) is 0.352. The Kier molecular flexibility index (Phi) is 20.7. The van der Waals surface area contributed by atoms with Gasteiger partial charge in [0, 0.05) is 0 Å². The molecule has 0 rings (SSSR count). The van der Waals surface area contributed by atoms with E-state index in [4.69, 9.17) is 0 Å². The van der Waals surface area contributed by atoms with Gasteiger partial charge in [0.1, 0.15) is 0 Å². The summed E-state index contributed by atoms with van der Waals surface area (Å²) in [6.45, 7) is 7.00. The molecule has 0 aliphatic carbocycles. The molecule has 0 aromatic carbocycles. The average molecular weight is 292 g/mol. The van der Waals surface area contributed by atoms with Crippen molar-refractivity contribution < 1.29 is 0 Å². The van der Waals surface area contributed by atoms with E-state index in [0.717, 1.165) is 0 Å². The highest BCUT2D eigenvalue weighted by Crippen LogP contribution is 2.11. The van der Waals surface area contributed by atoms with Crippen LogP contribution in [0.15, 0.2) is 0 Å². The first-order valence-corrected chi connectivity index (χ1v) is 8.49. The maximum Gasteiger partial charge on any atom is -0.00219 e. The van der Waals surface area contributed by atoms with Crippen molar-refractivity contribution in [2.75, 3.05) is 20.1 Å². The van der Waals surface area contributed by atoms with Gasteiger partial charge in [0.15, 0.2) is 0 Å². The number of rotatable bonds is 14. The molecular weight excluding hydrogens is 254 g/mol. The highest BCUT2D eigenvalue weighted by atomic mass is 35.5. The predicted molar refractivity (Wildman–Crippen MR) is 91.5 cm³/mol. The largest absolute Gasteiger partial charge is 0.307 e. The van der Waals surface area contributed by atoms with E-state index in [-0.39, 0.29) is 12.4 Å². The summed E-state index contributed by atoms with van der Waals surface area (Å²) in [6.07, 6.45) is 17.4. The third kappa shape index (κ3) is 18.2. The Balaban J connectivity index is 0. The van der Waals surface area contributed by atoms with E-state index in [0.29, 0.717) is 0 Å². The van der Waals surface area contributed by atoms with Crippen LogP contribution in [0.1, 0.15) is 90.9 Å². The van der Waals surface area contributed by atoms with Crippen LogP contribution < -0.4 is 0 Å². The molecule has 19 heavy (non-hydrogen) atoms. The second kappa shape index (κ2) is 18.2. The number of hydrogen-bond donors (Lipinski definition) is 0. The molecule has 0 bridgehead atoms. The Morgan fingerprint density at radius 1 is 0.579 bits per heavy atom. The first-order chi connectivity index (χ1) is 8.81. The molecule has 0 spiro atoms. The Labute approximate surface area is 128 Å². The van der Waals surface area contributed by atoms with E-state index in [2.05, 4.69) is 25.8 Å². The molecular formula is C17H38ClN. The molecule has 0 aliphatic heterocycles. The molecule has 0 saturated heterocycles. The number of halogens is 1. The standard InChI is InChI=1S/C17H37N.ClH/c1-4-6-7-8-9-10-11-12-13-14-15-16-17-18(3)5-2;/h4-17H2,1-3H3;1H. The van der Waals surface area contributed by atoms with Gasteiger partial charge in [-0.3, -0.25) is 0 Å². The molecule has 0 aromatic rings. The van der Waals surface area contributed by atoms with Crippen molar-refractivity contribution in [2.24, 2.45) is 0 Å². The summed E-state index contributed by atoms with van der Waals surface area (Å²) in [5.41, 5.74) is 0. The van der Waals surface area contributed by atoms with E-state index in [1.807, 2.05) is 0 Å². The number of hydrogen-bond acceptors (Lipinski definition) is 1. The third-order valence-corrected chi connectivity index (χ3v) is 3.93. The van der Waals surface area contributed by atoms with Crippen LogP contribution in [-0.2, 0) is 0 Å². The lowest BCUT2D eigenvalue weighted by molar-refractivity contribution is 0.340. The molecule has 0 unspecified atom stereocenters. The number of unbranched alkanes of at least 4 members (excludes halogenated alkanes) is 11. The Morgan fingerprint density at radius 2 is 0.947 bits per heavy atom. The monoisotopic (exact) mass is 291 g/mol. The van der Waals surface area contributed by atoms with Crippen LogP contribution >= 0.6 is 12.4 Å². The fourth-order valence-electron chi connectivity index (χ4n) is 2.38. The summed E-state index contributed by atoms with van der Waals surface area (Å²) in [5, 5.41) is 0. The fraction of sp³-hybridized carbons (Fsp3) is 1.00. The summed E-state index contributed by atoms with van der Waals surface area (Å²) in [7, 11) is 2.22. The molecule has 2 heteroatoms. The molecule has 0 amide bonds. The molecule has 0 fully saturated rings. The van der Waals surface area contributed by atoms with Gasteiger partial charge in [-0.05, 0) is 26.6 Å². The first kappa shape index (κ1) is 21.5. The van der Waals surface area contributed by atoms with Gasteiger partial charge in [-0.1, -0.05) is 84.5 Å². The second-order valence-corrected chi connectivity index (χ2v) is 5.78. The van der Waals surface area contributed by atoms with Crippen molar-refractivity contribution in [3.63, 3.8) is 0 Å². The van der Waals surface area contributed by atoms with Gasteiger partial charge in [0.25, 0.3) is 0 Å². The molecule has 0 radical (unpaired) electrons. The normalized spacial score (nSPS) is 10.7. The molecule has 118 valence electrons. The fourth-order valence-corrected chi connectivity index (χ4v) is 2.38. The molecule has 0 atom stereocenters. The minimum absolute atomic E-state index is 0. The van der Waals surface area contributed by atoms with Crippen LogP contribution in [0.5, 0.6) is 0 Å². The lowest BCUT2D eigenvalue weighted by Crippen LogP contribution is -2.18. The van der Waals surface area contributed by atoms with Crippen molar-refractivity contribution in [1.29, 1.82) is 0 Å². The summed E-state index contributed by atoms with van der Waals surface area (Å²) in [6, 6.07) is 0. The Bertz CT molecular complexity index is 150. The van der Waals surface area contributed by atoms with E-state index in [9.17, 15) is 0 Å². The zero-order valence-corrected chi connectivity index (χ0v) is 14.6. The molecule has 0 saturated carbocycles. The lowest BCUT2D eigenvalue weighted by atomic mass is 10.1.